The van der Waals surface area contributed by atoms with E-state index < -0.39 is 18.2 Å². The number of ether oxygens (including phenoxy) is 1. The summed E-state index contributed by atoms with van der Waals surface area (Å²) >= 11 is 1.45. The first-order valence-electron chi connectivity index (χ1n) is 11.7. The van der Waals surface area contributed by atoms with E-state index in [0.29, 0.717) is 12.8 Å². The van der Waals surface area contributed by atoms with Gasteiger partial charge in [0.25, 0.3) is 0 Å². The highest BCUT2D eigenvalue weighted by molar-refractivity contribution is 8.00. The number of hydrogen-bond acceptors (Lipinski definition) is 5. The van der Waals surface area contributed by atoms with E-state index in [1.54, 1.807) is 0 Å². The molecule has 1 unspecified atom stereocenters. The van der Waals surface area contributed by atoms with Crippen molar-refractivity contribution in [2.24, 2.45) is 11.8 Å². The predicted molar refractivity (Wildman–Crippen MR) is 137 cm³/mol. The third-order valence-electron chi connectivity index (χ3n) is 5.06. The molecule has 2 aromatic carbocycles. The average Bonchev–Trinajstić information content (AvgIpc) is 2.81. The molecule has 2 N–H and O–H groups in total. The fourth-order valence-corrected chi connectivity index (χ4v) is 4.26. The molecule has 0 aliphatic heterocycles. The van der Waals surface area contributed by atoms with E-state index >= 15 is 0 Å². The summed E-state index contributed by atoms with van der Waals surface area (Å²) in [5.74, 6) is 0.254. The Balaban J connectivity index is 1.99. The van der Waals surface area contributed by atoms with Crippen LogP contribution in [0, 0.1) is 11.8 Å². The fourth-order valence-electron chi connectivity index (χ4n) is 3.40. The number of alkyl carbamates (subject to hydrolysis) is 1. The number of Topliss-reactive ketones (excluding diaryl/α,β-unsaturated/α-hetero) is 1. The van der Waals surface area contributed by atoms with Crippen LogP contribution in [0.4, 0.5) is 4.79 Å². The minimum absolute atomic E-state index is 0.0362. The highest BCUT2D eigenvalue weighted by atomic mass is 32.2. The number of hydrogen-bond donors (Lipinski definition) is 2. The van der Waals surface area contributed by atoms with E-state index in [1.165, 1.54) is 11.8 Å². The Kier molecular flexibility index (Phi) is 11.7. The number of ketones is 1. The summed E-state index contributed by atoms with van der Waals surface area (Å²) in [6, 6.07) is 17.7. The minimum Gasteiger partial charge on any atom is -0.445 e. The van der Waals surface area contributed by atoms with E-state index in [9.17, 15) is 14.4 Å². The van der Waals surface area contributed by atoms with Gasteiger partial charge in [0.2, 0.25) is 5.91 Å². The van der Waals surface area contributed by atoms with E-state index in [-0.39, 0.29) is 35.9 Å². The van der Waals surface area contributed by atoms with Crippen LogP contribution in [-0.4, -0.2) is 35.6 Å². The third kappa shape index (κ3) is 10.4. The van der Waals surface area contributed by atoms with E-state index in [2.05, 4.69) is 10.6 Å². The molecular formula is C27H36N2O4S. The van der Waals surface area contributed by atoms with Gasteiger partial charge in [0.05, 0.1) is 11.8 Å². The smallest absolute Gasteiger partial charge is 0.408 e. The van der Waals surface area contributed by atoms with Gasteiger partial charge in [-0.2, -0.15) is 0 Å². The van der Waals surface area contributed by atoms with Gasteiger partial charge in [0.15, 0.2) is 5.78 Å². The fraction of sp³-hybridized carbons (Fsp3) is 0.444. The van der Waals surface area contributed by atoms with Crippen LogP contribution in [0.2, 0.25) is 0 Å². The van der Waals surface area contributed by atoms with Gasteiger partial charge in [-0.25, -0.2) is 4.79 Å². The Bertz CT molecular complexity index is 903. The molecule has 2 amide bonds. The van der Waals surface area contributed by atoms with Crippen molar-refractivity contribution in [2.75, 3.05) is 5.75 Å². The molecular weight excluding hydrogens is 448 g/mol. The van der Waals surface area contributed by atoms with Gasteiger partial charge in [0.1, 0.15) is 12.6 Å². The lowest BCUT2D eigenvalue weighted by Gasteiger charge is -2.24. The lowest BCUT2D eigenvalue weighted by atomic mass is 9.99. The Morgan fingerprint density at radius 3 is 1.94 bits per heavy atom. The van der Waals surface area contributed by atoms with Gasteiger partial charge in [0, 0.05) is 4.90 Å². The van der Waals surface area contributed by atoms with Gasteiger partial charge in [-0.05, 0) is 42.4 Å². The van der Waals surface area contributed by atoms with Crippen LogP contribution >= 0.6 is 11.8 Å². The lowest BCUT2D eigenvalue weighted by molar-refractivity contribution is -0.128. The molecule has 0 saturated heterocycles. The molecule has 0 fully saturated rings. The second kappa shape index (κ2) is 14.5. The number of amides is 2. The molecule has 0 aliphatic carbocycles. The average molecular weight is 485 g/mol. The normalized spacial score (nSPS) is 12.8. The maximum atomic E-state index is 13.1. The van der Waals surface area contributed by atoms with Crippen LogP contribution in [-0.2, 0) is 20.9 Å². The van der Waals surface area contributed by atoms with Crippen molar-refractivity contribution < 1.29 is 19.1 Å². The van der Waals surface area contributed by atoms with Crippen molar-refractivity contribution in [1.82, 2.24) is 10.6 Å². The molecule has 34 heavy (non-hydrogen) atoms. The molecule has 0 spiro atoms. The molecule has 0 saturated carbocycles. The van der Waals surface area contributed by atoms with E-state index in [1.807, 2.05) is 88.4 Å². The van der Waals surface area contributed by atoms with Gasteiger partial charge in [-0.3, -0.25) is 9.59 Å². The minimum atomic E-state index is -0.785. The van der Waals surface area contributed by atoms with Crippen LogP contribution in [0.1, 0.15) is 46.1 Å². The molecule has 7 heteroatoms. The van der Waals surface area contributed by atoms with E-state index in [4.69, 9.17) is 4.74 Å². The van der Waals surface area contributed by atoms with Crippen molar-refractivity contribution in [1.29, 1.82) is 0 Å². The molecule has 0 aromatic heterocycles. The standard InChI is InChI=1S/C27H36N2O4S/c1-19(2)15-23(25(30)18-34-22-13-9-6-10-14-22)28-26(31)24(16-20(3)4)29-27(32)33-17-21-11-7-5-8-12-21/h5-14,19-20,23-24H,15-18H2,1-4H3,(H,28,31)(H,29,32)/t23?,24-/m0/s1. The molecule has 0 heterocycles. The second-order valence-electron chi connectivity index (χ2n) is 9.15. The van der Waals surface area contributed by atoms with Crippen molar-refractivity contribution in [2.45, 2.75) is 64.1 Å². The van der Waals surface area contributed by atoms with Crippen molar-refractivity contribution in [3.8, 4) is 0 Å². The van der Waals surface area contributed by atoms with Gasteiger partial charge in [-0.1, -0.05) is 76.2 Å². The zero-order chi connectivity index (χ0) is 24.9. The summed E-state index contributed by atoms with van der Waals surface area (Å²) in [5, 5.41) is 5.58. The summed E-state index contributed by atoms with van der Waals surface area (Å²) < 4.78 is 5.29. The summed E-state index contributed by atoms with van der Waals surface area (Å²) in [4.78, 5) is 39.5. The van der Waals surface area contributed by atoms with Crippen LogP contribution in [0.3, 0.4) is 0 Å². The quantitative estimate of drug-likeness (QED) is 0.381. The highest BCUT2D eigenvalue weighted by Crippen LogP contribution is 2.19. The highest BCUT2D eigenvalue weighted by Gasteiger charge is 2.28. The van der Waals surface area contributed by atoms with Crippen LogP contribution in [0.15, 0.2) is 65.6 Å². The number of thioether (sulfide) groups is 1. The molecule has 2 atom stereocenters. The Morgan fingerprint density at radius 2 is 1.35 bits per heavy atom. The van der Waals surface area contributed by atoms with Crippen LogP contribution in [0.25, 0.3) is 0 Å². The Labute approximate surface area is 207 Å². The lowest BCUT2D eigenvalue weighted by Crippen LogP contribution is -2.52. The molecule has 2 rings (SSSR count). The number of carbonyl (C=O) groups excluding carboxylic acids is 3. The first-order valence-corrected chi connectivity index (χ1v) is 12.7. The maximum Gasteiger partial charge on any atom is 0.408 e. The first-order chi connectivity index (χ1) is 16.2. The third-order valence-corrected chi connectivity index (χ3v) is 6.10. The number of rotatable bonds is 13. The number of carbonyl (C=O) groups is 3. The Hall–Kier alpha value is -2.80. The van der Waals surface area contributed by atoms with Gasteiger partial charge >= 0.3 is 6.09 Å². The molecule has 6 nitrogen and oxygen atoms in total. The SMILES string of the molecule is CC(C)CC(NC(=O)[C@H](CC(C)C)NC(=O)OCc1ccccc1)C(=O)CSc1ccccc1. The summed E-state index contributed by atoms with van der Waals surface area (Å²) in [6.45, 7) is 8.10. The number of nitrogens with one attached hydrogen (secondary N) is 2. The zero-order valence-electron chi connectivity index (χ0n) is 20.5. The van der Waals surface area contributed by atoms with Crippen molar-refractivity contribution >= 4 is 29.5 Å². The van der Waals surface area contributed by atoms with Crippen LogP contribution < -0.4 is 10.6 Å². The van der Waals surface area contributed by atoms with Crippen LogP contribution in [0.5, 0.6) is 0 Å². The summed E-state index contributed by atoms with van der Waals surface area (Å²) in [7, 11) is 0. The molecule has 0 bridgehead atoms. The first kappa shape index (κ1) is 27.4. The largest absolute Gasteiger partial charge is 0.445 e. The van der Waals surface area contributed by atoms with Crippen molar-refractivity contribution in [3.05, 3.63) is 66.2 Å². The van der Waals surface area contributed by atoms with Gasteiger partial charge < -0.3 is 15.4 Å². The topological polar surface area (TPSA) is 84.5 Å². The molecule has 0 aliphatic rings. The monoisotopic (exact) mass is 484 g/mol. The maximum absolute atomic E-state index is 13.1. The Morgan fingerprint density at radius 1 is 0.794 bits per heavy atom. The molecule has 184 valence electrons. The number of benzene rings is 2. The molecule has 2 aromatic rings. The van der Waals surface area contributed by atoms with Crippen molar-refractivity contribution in [3.63, 3.8) is 0 Å². The second-order valence-corrected chi connectivity index (χ2v) is 10.2. The van der Waals surface area contributed by atoms with Gasteiger partial charge in [-0.15, -0.1) is 11.8 Å². The summed E-state index contributed by atoms with van der Waals surface area (Å²) in [6.07, 6.45) is 0.316. The molecule has 0 radical (unpaired) electrons. The van der Waals surface area contributed by atoms with E-state index in [0.717, 1.165) is 10.5 Å². The summed E-state index contributed by atoms with van der Waals surface area (Å²) in [5.41, 5.74) is 0.862. The predicted octanol–water partition coefficient (Wildman–Crippen LogP) is 5.22. The zero-order valence-corrected chi connectivity index (χ0v) is 21.3.